The highest BCUT2D eigenvalue weighted by atomic mass is 79.9. The predicted octanol–water partition coefficient (Wildman–Crippen LogP) is 2.81. The van der Waals surface area contributed by atoms with Crippen LogP contribution in [0.3, 0.4) is 0 Å². The van der Waals surface area contributed by atoms with E-state index in [4.69, 9.17) is 5.73 Å². The number of amides is 1. The van der Waals surface area contributed by atoms with Gasteiger partial charge in [-0.25, -0.2) is 4.98 Å². The second-order valence-corrected chi connectivity index (χ2v) is 4.98. The first-order chi connectivity index (χ1) is 9.01. The van der Waals surface area contributed by atoms with E-state index in [1.807, 2.05) is 24.5 Å². The number of rotatable bonds is 3. The van der Waals surface area contributed by atoms with Crippen molar-refractivity contribution < 1.29 is 4.79 Å². The molecule has 0 unspecified atom stereocenters. The number of aryl methyl sites for hydroxylation is 2. The van der Waals surface area contributed by atoms with Crippen molar-refractivity contribution in [3.8, 4) is 0 Å². The van der Waals surface area contributed by atoms with E-state index in [1.165, 1.54) is 0 Å². The van der Waals surface area contributed by atoms with Gasteiger partial charge in [-0.3, -0.25) is 4.79 Å². The van der Waals surface area contributed by atoms with Crippen LogP contribution in [0, 0.1) is 6.92 Å². The molecule has 2 aromatic heterocycles. The fraction of sp³-hybridized carbons (Fsp3) is 0.231. The number of carbonyl (C=O) groups is 1. The number of aromatic nitrogens is 2. The maximum atomic E-state index is 12.2. The highest BCUT2D eigenvalue weighted by Gasteiger charge is 2.13. The lowest BCUT2D eigenvalue weighted by molar-refractivity contribution is 0.101. The summed E-state index contributed by atoms with van der Waals surface area (Å²) in [6.45, 7) is 4.49. The molecule has 0 atom stereocenters. The highest BCUT2D eigenvalue weighted by molar-refractivity contribution is 9.10. The average molecular weight is 323 g/mol. The van der Waals surface area contributed by atoms with Crippen molar-refractivity contribution in [2.75, 3.05) is 11.1 Å². The summed E-state index contributed by atoms with van der Waals surface area (Å²) < 4.78 is 2.55. The monoisotopic (exact) mass is 322 g/mol. The van der Waals surface area contributed by atoms with E-state index in [0.29, 0.717) is 23.6 Å². The number of nitrogen functional groups attached to an aromatic ring is 1. The van der Waals surface area contributed by atoms with Gasteiger partial charge in [-0.05, 0) is 48.0 Å². The van der Waals surface area contributed by atoms with Gasteiger partial charge >= 0.3 is 0 Å². The van der Waals surface area contributed by atoms with Gasteiger partial charge in [-0.2, -0.15) is 0 Å². The van der Waals surface area contributed by atoms with E-state index in [9.17, 15) is 4.79 Å². The minimum Gasteiger partial charge on any atom is -0.397 e. The summed E-state index contributed by atoms with van der Waals surface area (Å²) in [5.41, 5.74) is 8.29. The third kappa shape index (κ3) is 2.96. The molecule has 6 heteroatoms. The molecular weight excluding hydrogens is 308 g/mol. The van der Waals surface area contributed by atoms with Crippen LogP contribution < -0.4 is 11.1 Å². The summed E-state index contributed by atoms with van der Waals surface area (Å²) in [7, 11) is 0. The van der Waals surface area contributed by atoms with Crippen LogP contribution in [0.1, 0.15) is 23.1 Å². The number of nitrogens with two attached hydrogens (primary N) is 1. The van der Waals surface area contributed by atoms with Crippen molar-refractivity contribution in [3.63, 3.8) is 0 Å². The van der Waals surface area contributed by atoms with Gasteiger partial charge in [0.25, 0.3) is 5.91 Å². The van der Waals surface area contributed by atoms with E-state index >= 15 is 0 Å². The Kier molecular flexibility index (Phi) is 3.90. The molecule has 0 saturated heterocycles. The molecule has 0 fully saturated rings. The van der Waals surface area contributed by atoms with Crippen LogP contribution >= 0.6 is 15.9 Å². The summed E-state index contributed by atoms with van der Waals surface area (Å²) in [4.78, 5) is 16.5. The normalized spacial score (nSPS) is 10.5. The maximum Gasteiger partial charge on any atom is 0.272 e. The molecule has 5 nitrogen and oxygen atoms in total. The summed E-state index contributed by atoms with van der Waals surface area (Å²) in [5.74, 6) is -0.189. The zero-order chi connectivity index (χ0) is 14.0. The van der Waals surface area contributed by atoms with Crippen LogP contribution in [-0.4, -0.2) is 15.5 Å². The fourth-order valence-corrected chi connectivity index (χ4v) is 2.23. The highest BCUT2D eigenvalue weighted by Crippen LogP contribution is 2.18. The minimum absolute atomic E-state index is 0.189. The third-order valence-corrected chi connectivity index (χ3v) is 3.23. The molecule has 0 saturated carbocycles. The van der Waals surface area contributed by atoms with Crippen LogP contribution in [-0.2, 0) is 6.54 Å². The van der Waals surface area contributed by atoms with E-state index in [1.54, 1.807) is 18.3 Å². The van der Waals surface area contributed by atoms with Gasteiger partial charge in [0.1, 0.15) is 10.3 Å². The average Bonchev–Trinajstić information content (AvgIpc) is 2.74. The van der Waals surface area contributed by atoms with Gasteiger partial charge < -0.3 is 15.6 Å². The molecule has 0 radical (unpaired) electrons. The number of halogens is 1. The van der Waals surface area contributed by atoms with E-state index in [-0.39, 0.29) is 5.91 Å². The number of anilines is 2. The topological polar surface area (TPSA) is 72.9 Å². The van der Waals surface area contributed by atoms with E-state index in [2.05, 4.69) is 26.2 Å². The molecule has 0 aliphatic carbocycles. The minimum atomic E-state index is -0.189. The van der Waals surface area contributed by atoms with Crippen molar-refractivity contribution in [1.82, 2.24) is 9.55 Å². The Morgan fingerprint density at radius 3 is 2.89 bits per heavy atom. The van der Waals surface area contributed by atoms with Crippen molar-refractivity contribution in [1.29, 1.82) is 0 Å². The summed E-state index contributed by atoms with van der Waals surface area (Å²) in [5, 5.41) is 2.84. The molecule has 100 valence electrons. The lowest BCUT2D eigenvalue weighted by atomic mass is 10.3. The number of nitrogens with zero attached hydrogens (tertiary/aromatic N) is 2. The third-order valence-electron chi connectivity index (χ3n) is 2.79. The first kappa shape index (κ1) is 13.6. The zero-order valence-electron chi connectivity index (χ0n) is 10.8. The first-order valence-electron chi connectivity index (χ1n) is 5.91. The van der Waals surface area contributed by atoms with Crippen LogP contribution in [0.25, 0.3) is 0 Å². The Bertz CT molecular complexity index is 621. The molecule has 0 spiro atoms. The van der Waals surface area contributed by atoms with Gasteiger partial charge in [0.2, 0.25) is 0 Å². The maximum absolute atomic E-state index is 12.2. The van der Waals surface area contributed by atoms with Crippen molar-refractivity contribution in [3.05, 3.63) is 40.4 Å². The van der Waals surface area contributed by atoms with E-state index in [0.717, 1.165) is 10.3 Å². The molecule has 2 aromatic rings. The Morgan fingerprint density at radius 1 is 1.53 bits per heavy atom. The van der Waals surface area contributed by atoms with Gasteiger partial charge in [-0.1, -0.05) is 0 Å². The largest absolute Gasteiger partial charge is 0.397 e. The second kappa shape index (κ2) is 5.44. The molecule has 3 N–H and O–H groups in total. The lowest BCUT2D eigenvalue weighted by Crippen LogP contribution is -2.17. The lowest BCUT2D eigenvalue weighted by Gasteiger charge is -2.09. The fourth-order valence-electron chi connectivity index (χ4n) is 1.83. The Labute approximate surface area is 120 Å². The molecule has 0 bridgehead atoms. The van der Waals surface area contributed by atoms with Crippen LogP contribution in [0.4, 0.5) is 11.4 Å². The Balaban J connectivity index is 2.25. The number of hydrogen-bond donors (Lipinski definition) is 2. The second-order valence-electron chi connectivity index (χ2n) is 4.17. The smallest absolute Gasteiger partial charge is 0.272 e. The van der Waals surface area contributed by atoms with Gasteiger partial charge in [0.05, 0.1) is 17.1 Å². The molecule has 0 aliphatic heterocycles. The van der Waals surface area contributed by atoms with E-state index < -0.39 is 0 Å². The van der Waals surface area contributed by atoms with Crippen molar-refractivity contribution in [2.24, 2.45) is 0 Å². The molecule has 1 amide bonds. The standard InChI is InChI=1S/C13H15BrN4O/c1-3-18-7-9(15)6-11(18)13(19)17-10-4-5-12(14)16-8(10)2/h4-7H,3,15H2,1-2H3,(H,17,19). The summed E-state index contributed by atoms with van der Waals surface area (Å²) >= 11 is 3.29. The molecule has 0 aromatic carbocycles. The number of pyridine rings is 1. The molecule has 19 heavy (non-hydrogen) atoms. The molecule has 2 heterocycles. The quantitative estimate of drug-likeness (QED) is 0.853. The zero-order valence-corrected chi connectivity index (χ0v) is 12.4. The van der Waals surface area contributed by atoms with Crippen LogP contribution in [0.2, 0.25) is 0 Å². The molecule has 2 rings (SSSR count). The Morgan fingerprint density at radius 2 is 2.26 bits per heavy atom. The van der Waals surface area contributed by atoms with Crippen molar-refractivity contribution >= 4 is 33.2 Å². The van der Waals surface area contributed by atoms with Gasteiger partial charge in [0.15, 0.2) is 0 Å². The number of carbonyl (C=O) groups excluding carboxylic acids is 1. The first-order valence-corrected chi connectivity index (χ1v) is 6.70. The number of nitrogens with one attached hydrogen (secondary N) is 1. The van der Waals surface area contributed by atoms with Crippen LogP contribution in [0.15, 0.2) is 29.0 Å². The van der Waals surface area contributed by atoms with Gasteiger partial charge in [-0.15, -0.1) is 0 Å². The molecule has 0 aliphatic rings. The van der Waals surface area contributed by atoms with Crippen molar-refractivity contribution in [2.45, 2.75) is 20.4 Å². The SMILES string of the molecule is CCn1cc(N)cc1C(=O)Nc1ccc(Br)nc1C. The number of hydrogen-bond acceptors (Lipinski definition) is 3. The van der Waals surface area contributed by atoms with Crippen LogP contribution in [0.5, 0.6) is 0 Å². The van der Waals surface area contributed by atoms with Gasteiger partial charge in [0, 0.05) is 12.7 Å². The molecular formula is C13H15BrN4O. The summed E-state index contributed by atoms with van der Waals surface area (Å²) in [6.07, 6.45) is 1.75. The predicted molar refractivity (Wildman–Crippen MR) is 79.1 cm³/mol. The summed E-state index contributed by atoms with van der Waals surface area (Å²) in [6, 6.07) is 5.27. The Hall–Kier alpha value is -1.82.